The zero-order valence-electron chi connectivity index (χ0n) is 16.8. The van der Waals surface area contributed by atoms with E-state index in [4.69, 9.17) is 16.3 Å². The number of aromatic nitrogens is 3. The number of halogens is 2. The van der Waals surface area contributed by atoms with Crippen LogP contribution in [0, 0.1) is 5.82 Å². The third-order valence-electron chi connectivity index (χ3n) is 4.50. The molecule has 0 unspecified atom stereocenters. The monoisotopic (exact) mass is 449 g/mol. The third kappa shape index (κ3) is 4.81. The van der Waals surface area contributed by atoms with E-state index in [9.17, 15) is 9.18 Å². The number of pyridine rings is 1. The van der Waals surface area contributed by atoms with Crippen LogP contribution in [0.5, 0.6) is 5.75 Å². The van der Waals surface area contributed by atoms with Crippen molar-refractivity contribution in [3.05, 3.63) is 89.6 Å². The summed E-state index contributed by atoms with van der Waals surface area (Å²) in [6.07, 6.45) is 5.02. The lowest BCUT2D eigenvalue weighted by atomic mass is 10.1. The van der Waals surface area contributed by atoms with Crippen molar-refractivity contribution in [2.45, 2.75) is 0 Å². The van der Waals surface area contributed by atoms with Crippen LogP contribution in [0.3, 0.4) is 0 Å². The lowest BCUT2D eigenvalue weighted by Gasteiger charge is -2.13. The fraction of sp³-hybridized carbons (Fsp3) is 0.0435. The summed E-state index contributed by atoms with van der Waals surface area (Å²) in [5, 5.41) is 5.70. The smallest absolute Gasteiger partial charge is 0.255 e. The van der Waals surface area contributed by atoms with Gasteiger partial charge in [0, 0.05) is 35.4 Å². The molecule has 32 heavy (non-hydrogen) atoms. The summed E-state index contributed by atoms with van der Waals surface area (Å²) in [5.41, 5.74) is 2.75. The number of carbonyl (C=O) groups is 1. The van der Waals surface area contributed by atoms with Gasteiger partial charge < -0.3 is 15.4 Å². The first-order valence-corrected chi connectivity index (χ1v) is 9.86. The van der Waals surface area contributed by atoms with Gasteiger partial charge in [0.05, 0.1) is 23.5 Å². The van der Waals surface area contributed by atoms with Crippen molar-refractivity contribution in [3.63, 3.8) is 0 Å². The largest absolute Gasteiger partial charge is 0.495 e. The molecule has 0 aliphatic rings. The van der Waals surface area contributed by atoms with Gasteiger partial charge in [-0.1, -0.05) is 11.6 Å². The van der Waals surface area contributed by atoms with E-state index in [1.807, 2.05) is 12.1 Å². The van der Waals surface area contributed by atoms with Crippen molar-refractivity contribution >= 4 is 34.8 Å². The Bertz CT molecular complexity index is 1270. The molecule has 2 aromatic heterocycles. The number of ether oxygens (including phenoxy) is 1. The maximum Gasteiger partial charge on any atom is 0.255 e. The molecule has 0 aliphatic heterocycles. The quantitative estimate of drug-likeness (QED) is 0.413. The van der Waals surface area contributed by atoms with Crippen molar-refractivity contribution in [1.29, 1.82) is 0 Å². The zero-order valence-corrected chi connectivity index (χ0v) is 17.6. The molecule has 160 valence electrons. The molecule has 9 heteroatoms. The number of methoxy groups -OCH3 is 1. The second-order valence-corrected chi connectivity index (χ2v) is 7.04. The van der Waals surface area contributed by atoms with Gasteiger partial charge in [0.1, 0.15) is 11.6 Å². The van der Waals surface area contributed by atoms with Gasteiger partial charge in [-0.3, -0.25) is 9.78 Å². The Morgan fingerprint density at radius 1 is 1.09 bits per heavy atom. The molecule has 0 saturated heterocycles. The van der Waals surface area contributed by atoms with Crippen LogP contribution in [0.15, 0.2) is 73.2 Å². The summed E-state index contributed by atoms with van der Waals surface area (Å²) in [5.74, 6) is -0.133. The van der Waals surface area contributed by atoms with Crippen LogP contribution >= 0.6 is 11.6 Å². The molecule has 0 aliphatic carbocycles. The Morgan fingerprint density at radius 2 is 1.97 bits per heavy atom. The molecule has 2 N–H and O–H groups in total. The molecule has 4 rings (SSSR count). The lowest BCUT2D eigenvalue weighted by Crippen LogP contribution is -2.12. The van der Waals surface area contributed by atoms with Crippen LogP contribution < -0.4 is 15.4 Å². The Kier molecular flexibility index (Phi) is 6.23. The van der Waals surface area contributed by atoms with E-state index in [0.29, 0.717) is 34.3 Å². The average Bonchev–Trinajstić information content (AvgIpc) is 2.82. The highest BCUT2D eigenvalue weighted by atomic mass is 35.5. The van der Waals surface area contributed by atoms with E-state index in [1.54, 1.807) is 42.9 Å². The minimum atomic E-state index is -0.561. The molecule has 0 fully saturated rings. The number of hydrogen-bond donors (Lipinski definition) is 2. The van der Waals surface area contributed by atoms with E-state index >= 15 is 0 Å². The van der Waals surface area contributed by atoms with E-state index in [0.717, 1.165) is 5.56 Å². The van der Waals surface area contributed by atoms with Gasteiger partial charge in [-0.2, -0.15) is 0 Å². The number of carbonyl (C=O) groups excluding carboxylic acids is 1. The molecule has 2 aromatic carbocycles. The van der Waals surface area contributed by atoms with E-state index < -0.39 is 11.7 Å². The second-order valence-electron chi connectivity index (χ2n) is 6.63. The summed E-state index contributed by atoms with van der Waals surface area (Å²) in [6, 6.07) is 14.3. The summed E-state index contributed by atoms with van der Waals surface area (Å²) in [6.45, 7) is 0. The zero-order chi connectivity index (χ0) is 22.5. The van der Waals surface area contributed by atoms with Crippen LogP contribution in [0.1, 0.15) is 10.4 Å². The molecule has 1 amide bonds. The first-order chi connectivity index (χ1) is 15.5. The van der Waals surface area contributed by atoms with Crippen LogP contribution in [0.25, 0.3) is 11.3 Å². The maximum atomic E-state index is 13.4. The highest BCUT2D eigenvalue weighted by Crippen LogP contribution is 2.29. The fourth-order valence-electron chi connectivity index (χ4n) is 2.94. The minimum Gasteiger partial charge on any atom is -0.495 e. The first-order valence-electron chi connectivity index (χ1n) is 9.48. The van der Waals surface area contributed by atoms with Gasteiger partial charge in [-0.05, 0) is 54.6 Å². The summed E-state index contributed by atoms with van der Waals surface area (Å²) in [7, 11) is 1.52. The van der Waals surface area contributed by atoms with Crippen LogP contribution in [0.2, 0.25) is 5.02 Å². The van der Waals surface area contributed by atoms with Gasteiger partial charge in [0.15, 0.2) is 0 Å². The van der Waals surface area contributed by atoms with Crippen LogP contribution in [-0.2, 0) is 0 Å². The lowest BCUT2D eigenvalue weighted by molar-refractivity contribution is 0.102. The molecule has 0 saturated carbocycles. The van der Waals surface area contributed by atoms with Gasteiger partial charge in [0.2, 0.25) is 5.95 Å². The molecule has 0 bridgehead atoms. The Balaban J connectivity index is 1.58. The van der Waals surface area contributed by atoms with E-state index in [-0.39, 0.29) is 5.02 Å². The Morgan fingerprint density at radius 3 is 2.72 bits per heavy atom. The van der Waals surface area contributed by atoms with Crippen molar-refractivity contribution in [3.8, 4) is 17.0 Å². The fourth-order valence-corrected chi connectivity index (χ4v) is 3.12. The van der Waals surface area contributed by atoms with Gasteiger partial charge in [-0.15, -0.1) is 0 Å². The molecule has 0 atom stereocenters. The molecular formula is C23H17ClFN5O2. The SMILES string of the molecule is COc1ccc(C(=O)Nc2ccc(F)c(Cl)c2)cc1Nc1nccc(-c2cccnc2)n1. The Labute approximate surface area is 188 Å². The number of nitrogens with one attached hydrogen (secondary N) is 2. The van der Waals surface area contributed by atoms with Crippen molar-refractivity contribution in [1.82, 2.24) is 15.0 Å². The predicted octanol–water partition coefficient (Wildman–Crippen LogP) is 5.34. The molecule has 4 aromatic rings. The highest BCUT2D eigenvalue weighted by molar-refractivity contribution is 6.31. The molecular weight excluding hydrogens is 433 g/mol. The Hall–Kier alpha value is -4.04. The van der Waals surface area contributed by atoms with Crippen molar-refractivity contribution < 1.29 is 13.9 Å². The van der Waals surface area contributed by atoms with E-state index in [2.05, 4.69) is 25.6 Å². The van der Waals surface area contributed by atoms with Crippen LogP contribution in [0.4, 0.5) is 21.7 Å². The van der Waals surface area contributed by atoms with Crippen LogP contribution in [-0.4, -0.2) is 28.0 Å². The minimum absolute atomic E-state index is 0.0782. The van der Waals surface area contributed by atoms with Gasteiger partial charge in [-0.25, -0.2) is 14.4 Å². The molecule has 2 heterocycles. The van der Waals surface area contributed by atoms with Crippen molar-refractivity contribution in [2.75, 3.05) is 17.7 Å². The second kappa shape index (κ2) is 9.40. The molecule has 0 radical (unpaired) electrons. The van der Waals surface area contributed by atoms with Crippen molar-refractivity contribution in [2.24, 2.45) is 0 Å². The summed E-state index contributed by atoms with van der Waals surface area (Å²) < 4.78 is 18.8. The number of rotatable bonds is 6. The number of nitrogens with zero attached hydrogens (tertiary/aromatic N) is 3. The van der Waals surface area contributed by atoms with Gasteiger partial charge >= 0.3 is 0 Å². The number of anilines is 3. The first kappa shape index (κ1) is 21.2. The number of hydrogen-bond acceptors (Lipinski definition) is 6. The normalized spacial score (nSPS) is 10.5. The average molecular weight is 450 g/mol. The van der Waals surface area contributed by atoms with Gasteiger partial charge in [0.25, 0.3) is 5.91 Å². The number of amides is 1. The predicted molar refractivity (Wildman–Crippen MR) is 121 cm³/mol. The summed E-state index contributed by atoms with van der Waals surface area (Å²) >= 11 is 5.78. The highest BCUT2D eigenvalue weighted by Gasteiger charge is 2.13. The maximum absolute atomic E-state index is 13.4. The topological polar surface area (TPSA) is 89.0 Å². The molecule has 7 nitrogen and oxygen atoms in total. The standard InChI is InChI=1S/C23H17ClFN5O2/c1-32-21-7-4-14(22(31)28-16-5-6-18(25)17(24)12-16)11-20(21)30-23-27-10-8-19(29-23)15-3-2-9-26-13-15/h2-13H,1H3,(H,28,31)(H,27,29,30). The van der Waals surface area contributed by atoms with E-state index in [1.165, 1.54) is 25.3 Å². The number of benzene rings is 2. The third-order valence-corrected chi connectivity index (χ3v) is 4.79. The summed E-state index contributed by atoms with van der Waals surface area (Å²) in [4.78, 5) is 25.6. The molecule has 0 spiro atoms.